The summed E-state index contributed by atoms with van der Waals surface area (Å²) in [6.45, 7) is 2.29. The molecule has 4 rings (SSSR count). The molecule has 1 aromatic carbocycles. The van der Waals surface area contributed by atoms with Crippen molar-refractivity contribution in [2.75, 3.05) is 0 Å². The summed E-state index contributed by atoms with van der Waals surface area (Å²) in [5, 5.41) is 0. The highest BCUT2D eigenvalue weighted by Gasteiger charge is 2.39. The normalized spacial score (nSPS) is 32.1. The fraction of sp³-hybridized carbons (Fsp3) is 0.759. The first-order valence-corrected chi connectivity index (χ1v) is 13.7. The molecule has 3 fully saturated rings. The van der Waals surface area contributed by atoms with Crippen LogP contribution in [0, 0.1) is 35.5 Å². The summed E-state index contributed by atoms with van der Waals surface area (Å²) in [5.41, 5.74) is -0.729. The van der Waals surface area contributed by atoms with Crippen molar-refractivity contribution in [1.82, 2.24) is 0 Å². The van der Waals surface area contributed by atoms with E-state index >= 15 is 0 Å². The van der Waals surface area contributed by atoms with Crippen molar-refractivity contribution in [3.05, 3.63) is 29.8 Å². The maximum atomic E-state index is 12.7. The summed E-state index contributed by atoms with van der Waals surface area (Å²) < 4.78 is 43.6. The third-order valence-corrected chi connectivity index (χ3v) is 9.15. The van der Waals surface area contributed by atoms with Crippen LogP contribution in [0.2, 0.25) is 0 Å². The lowest BCUT2D eigenvalue weighted by Gasteiger charge is -2.45. The lowest BCUT2D eigenvalue weighted by molar-refractivity contribution is -0.140. The van der Waals surface area contributed by atoms with Crippen LogP contribution in [-0.2, 0) is 11.0 Å². The van der Waals surface area contributed by atoms with Gasteiger partial charge in [0.05, 0.1) is 11.5 Å². The van der Waals surface area contributed by atoms with Crippen molar-refractivity contribution in [3.63, 3.8) is 0 Å². The molecule has 0 heterocycles. The number of ether oxygens (including phenoxy) is 1. The molecule has 34 heavy (non-hydrogen) atoms. The van der Waals surface area contributed by atoms with Gasteiger partial charge in [0.25, 0.3) is 0 Å². The number of hydrogen-bond donors (Lipinski definition) is 0. The fourth-order valence-electron chi connectivity index (χ4n) is 7.13. The first-order chi connectivity index (χ1) is 16.3. The van der Waals surface area contributed by atoms with E-state index in [0.29, 0.717) is 0 Å². The lowest BCUT2D eigenvalue weighted by atomic mass is 9.60. The molecule has 0 aromatic heterocycles. The standard InChI is InChI=1S/C29H41F3O2/c1-2-3-4-5-20-6-7-25-19-24(13-12-23(25)18-20)21-8-10-22(11-9-21)28(33)34-27-16-14-26(15-17-27)29(30,31)32/h14-17,20-25H,2-13,18-19H2,1H3. The number of carbonyl (C=O) groups is 1. The Balaban J connectivity index is 1.20. The number of benzene rings is 1. The molecule has 1 aromatic rings. The molecule has 3 aliphatic rings. The van der Waals surface area contributed by atoms with Gasteiger partial charge in [0.2, 0.25) is 0 Å². The number of halogens is 3. The van der Waals surface area contributed by atoms with E-state index in [4.69, 9.17) is 4.74 Å². The summed E-state index contributed by atoms with van der Waals surface area (Å²) in [7, 11) is 0. The molecule has 5 heteroatoms. The number of esters is 1. The zero-order valence-corrected chi connectivity index (χ0v) is 20.6. The van der Waals surface area contributed by atoms with Gasteiger partial charge in [0, 0.05) is 0 Å². The highest BCUT2D eigenvalue weighted by Crippen LogP contribution is 2.49. The molecule has 0 saturated heterocycles. The largest absolute Gasteiger partial charge is 0.426 e. The van der Waals surface area contributed by atoms with Crippen molar-refractivity contribution >= 4 is 5.97 Å². The molecular weight excluding hydrogens is 437 g/mol. The summed E-state index contributed by atoms with van der Waals surface area (Å²) in [4.78, 5) is 12.6. The molecule has 190 valence electrons. The van der Waals surface area contributed by atoms with E-state index in [1.165, 1.54) is 76.3 Å². The van der Waals surface area contributed by atoms with Crippen LogP contribution in [-0.4, -0.2) is 5.97 Å². The van der Waals surface area contributed by atoms with Gasteiger partial charge in [-0.2, -0.15) is 13.2 Å². The monoisotopic (exact) mass is 478 g/mol. The van der Waals surface area contributed by atoms with Crippen LogP contribution in [0.4, 0.5) is 13.2 Å². The van der Waals surface area contributed by atoms with Gasteiger partial charge in [0.15, 0.2) is 0 Å². The van der Waals surface area contributed by atoms with Crippen molar-refractivity contribution in [3.8, 4) is 5.75 Å². The maximum Gasteiger partial charge on any atom is 0.416 e. The molecule has 0 radical (unpaired) electrons. The third-order valence-electron chi connectivity index (χ3n) is 9.15. The Morgan fingerprint density at radius 2 is 1.41 bits per heavy atom. The minimum Gasteiger partial charge on any atom is -0.426 e. The van der Waals surface area contributed by atoms with Crippen molar-refractivity contribution in [2.24, 2.45) is 35.5 Å². The molecule has 0 aliphatic heterocycles. The highest BCUT2D eigenvalue weighted by molar-refractivity contribution is 5.75. The Labute approximate surface area is 203 Å². The minimum absolute atomic E-state index is 0.131. The van der Waals surface area contributed by atoms with Crippen LogP contribution in [0.5, 0.6) is 5.75 Å². The van der Waals surface area contributed by atoms with E-state index in [-0.39, 0.29) is 17.6 Å². The molecular formula is C29H41F3O2. The van der Waals surface area contributed by atoms with Gasteiger partial charge in [-0.3, -0.25) is 4.79 Å². The van der Waals surface area contributed by atoms with Crippen molar-refractivity contribution in [1.29, 1.82) is 0 Å². The Hall–Kier alpha value is -1.52. The fourth-order valence-corrected chi connectivity index (χ4v) is 7.13. The molecule has 2 nitrogen and oxygen atoms in total. The van der Waals surface area contributed by atoms with Crippen LogP contribution in [0.15, 0.2) is 24.3 Å². The topological polar surface area (TPSA) is 26.3 Å². The van der Waals surface area contributed by atoms with Gasteiger partial charge in [-0.1, -0.05) is 39.0 Å². The predicted molar refractivity (Wildman–Crippen MR) is 128 cm³/mol. The van der Waals surface area contributed by atoms with Gasteiger partial charge in [0.1, 0.15) is 5.75 Å². The van der Waals surface area contributed by atoms with Crippen molar-refractivity contribution < 1.29 is 22.7 Å². The van der Waals surface area contributed by atoms with Crippen LogP contribution in [0.1, 0.15) is 102 Å². The number of hydrogen-bond acceptors (Lipinski definition) is 2. The molecule has 3 saturated carbocycles. The van der Waals surface area contributed by atoms with Gasteiger partial charge in [-0.15, -0.1) is 0 Å². The van der Waals surface area contributed by atoms with Crippen LogP contribution < -0.4 is 4.74 Å². The van der Waals surface area contributed by atoms with E-state index in [1.54, 1.807) is 0 Å². The Kier molecular flexibility index (Phi) is 8.63. The first-order valence-electron chi connectivity index (χ1n) is 13.7. The van der Waals surface area contributed by atoms with E-state index in [0.717, 1.165) is 67.4 Å². The molecule has 3 aliphatic carbocycles. The summed E-state index contributed by atoms with van der Waals surface area (Å²) in [6.07, 6.45) is 13.5. The van der Waals surface area contributed by atoms with Crippen LogP contribution in [0.25, 0.3) is 0 Å². The number of rotatable bonds is 7. The summed E-state index contributed by atoms with van der Waals surface area (Å²) >= 11 is 0. The van der Waals surface area contributed by atoms with Crippen molar-refractivity contribution in [2.45, 2.75) is 103 Å². The predicted octanol–water partition coefficient (Wildman–Crippen LogP) is 8.83. The maximum absolute atomic E-state index is 12.7. The average molecular weight is 479 g/mol. The van der Waals surface area contributed by atoms with Crippen LogP contribution in [0.3, 0.4) is 0 Å². The molecule has 4 unspecified atom stereocenters. The molecule has 0 spiro atoms. The van der Waals surface area contributed by atoms with Gasteiger partial charge >= 0.3 is 12.1 Å². The SMILES string of the molecule is CCCCCC1CCC2CC(C3CCC(C(=O)Oc4ccc(C(F)(F)F)cc4)CC3)CCC2C1. The second kappa shape index (κ2) is 11.5. The van der Waals surface area contributed by atoms with E-state index < -0.39 is 11.7 Å². The van der Waals surface area contributed by atoms with E-state index in [1.807, 2.05) is 0 Å². The average Bonchev–Trinajstić information content (AvgIpc) is 2.84. The highest BCUT2D eigenvalue weighted by atomic mass is 19.4. The first kappa shape index (κ1) is 25.6. The Bertz CT molecular complexity index is 780. The molecule has 0 bridgehead atoms. The summed E-state index contributed by atoms with van der Waals surface area (Å²) in [5.74, 6) is 4.15. The Morgan fingerprint density at radius 3 is 2.06 bits per heavy atom. The molecule has 0 N–H and O–H groups in total. The third kappa shape index (κ3) is 6.57. The second-order valence-electron chi connectivity index (χ2n) is 11.3. The zero-order valence-electron chi connectivity index (χ0n) is 20.6. The molecule has 4 atom stereocenters. The van der Waals surface area contributed by atoms with E-state index in [9.17, 15) is 18.0 Å². The number of alkyl halides is 3. The van der Waals surface area contributed by atoms with Gasteiger partial charge < -0.3 is 4.74 Å². The smallest absolute Gasteiger partial charge is 0.416 e. The van der Waals surface area contributed by atoms with Crippen LogP contribution >= 0.6 is 0 Å². The molecule has 0 amide bonds. The second-order valence-corrected chi connectivity index (χ2v) is 11.3. The lowest BCUT2D eigenvalue weighted by Crippen LogP contribution is -2.35. The summed E-state index contributed by atoms with van der Waals surface area (Å²) in [6, 6.07) is 4.41. The number of carbonyl (C=O) groups excluding carboxylic acids is 1. The Morgan fingerprint density at radius 1 is 0.824 bits per heavy atom. The minimum atomic E-state index is -4.38. The van der Waals surface area contributed by atoms with E-state index in [2.05, 4.69) is 6.92 Å². The van der Waals surface area contributed by atoms with Gasteiger partial charge in [-0.25, -0.2) is 0 Å². The zero-order chi connectivity index (χ0) is 24.1. The van der Waals surface area contributed by atoms with Gasteiger partial charge in [-0.05, 0) is 112 Å². The number of unbranched alkanes of at least 4 members (excludes halogenated alkanes) is 2. The number of fused-ring (bicyclic) bond motifs is 1. The quantitative estimate of drug-likeness (QED) is 0.222.